The molecule has 0 radical (unpaired) electrons. The predicted octanol–water partition coefficient (Wildman–Crippen LogP) is 4.04. The summed E-state index contributed by atoms with van der Waals surface area (Å²) >= 11 is 0. The van der Waals surface area contributed by atoms with E-state index in [-0.39, 0.29) is 30.2 Å². The van der Waals surface area contributed by atoms with Gasteiger partial charge in [-0.2, -0.15) is 0 Å². The number of rotatable bonds is 9. The van der Waals surface area contributed by atoms with Gasteiger partial charge in [-0.15, -0.1) is 0 Å². The highest BCUT2D eigenvalue weighted by molar-refractivity contribution is 6.00. The molecule has 46 heavy (non-hydrogen) atoms. The molecule has 0 unspecified atom stereocenters. The second kappa shape index (κ2) is 14.0. The summed E-state index contributed by atoms with van der Waals surface area (Å²) in [5, 5.41) is 16.9. The van der Waals surface area contributed by atoms with Gasteiger partial charge in [0, 0.05) is 51.2 Å². The molecule has 242 valence electrons. The fraction of sp³-hybridized carbons (Fsp3) is 0.444. The fourth-order valence-corrected chi connectivity index (χ4v) is 7.18. The molecule has 2 aliphatic heterocycles. The number of nitrogens with one attached hydrogen (secondary N) is 2. The average Bonchev–Trinajstić information content (AvgIpc) is 3.10. The van der Waals surface area contributed by atoms with Crippen LogP contribution >= 0.6 is 0 Å². The predicted molar refractivity (Wildman–Crippen MR) is 173 cm³/mol. The Morgan fingerprint density at radius 2 is 1.65 bits per heavy atom. The van der Waals surface area contributed by atoms with Crippen LogP contribution in [0.4, 0.5) is 0 Å². The first-order chi connectivity index (χ1) is 22.4. The van der Waals surface area contributed by atoms with Crippen LogP contribution in [0.25, 0.3) is 0 Å². The molecular weight excluding hydrogens is 582 g/mol. The molecule has 2 aromatic carbocycles. The number of hydrogen-bond donors (Lipinski definition) is 3. The molecule has 1 saturated carbocycles. The van der Waals surface area contributed by atoms with Crippen molar-refractivity contribution in [1.82, 2.24) is 25.4 Å². The number of likely N-dealkylation sites (tertiary alicyclic amines) is 1. The van der Waals surface area contributed by atoms with Gasteiger partial charge in [0.2, 0.25) is 11.8 Å². The van der Waals surface area contributed by atoms with E-state index in [1.165, 1.54) is 0 Å². The van der Waals surface area contributed by atoms with Crippen LogP contribution in [0.3, 0.4) is 0 Å². The highest BCUT2D eigenvalue weighted by atomic mass is 16.5. The molecule has 2 atom stereocenters. The molecule has 0 bridgehead atoms. The smallest absolute Gasteiger partial charge is 0.251 e. The Morgan fingerprint density at radius 3 is 2.28 bits per heavy atom. The molecule has 10 nitrogen and oxygen atoms in total. The van der Waals surface area contributed by atoms with Crippen LogP contribution in [0.15, 0.2) is 73.1 Å². The Kier molecular flexibility index (Phi) is 9.65. The third kappa shape index (κ3) is 6.78. The molecule has 6 rings (SSSR count). The molecule has 2 saturated heterocycles. The summed E-state index contributed by atoms with van der Waals surface area (Å²) < 4.78 is 5.96. The van der Waals surface area contributed by atoms with Crippen molar-refractivity contribution < 1.29 is 24.2 Å². The van der Waals surface area contributed by atoms with Gasteiger partial charge >= 0.3 is 0 Å². The van der Waals surface area contributed by atoms with Crippen molar-refractivity contribution >= 4 is 17.7 Å². The number of ether oxygens (including phenoxy) is 1. The zero-order valence-electron chi connectivity index (χ0n) is 26.4. The van der Waals surface area contributed by atoms with Gasteiger partial charge in [-0.25, -0.2) is 0 Å². The third-order valence-corrected chi connectivity index (χ3v) is 9.89. The SMILES string of the molecule is CNC(=O)c1ccc(Oc2ccc(CN3CCC4(CC3)C(=O)N[C@H]([C@H](O)C3CCCCC3)C(=O)N4Cc3cccnc3)cc2)cc1. The lowest BCUT2D eigenvalue weighted by atomic mass is 9.77. The Hall–Kier alpha value is -4.28. The highest BCUT2D eigenvalue weighted by Crippen LogP contribution is 2.37. The quantitative estimate of drug-likeness (QED) is 0.328. The number of amides is 3. The first kappa shape index (κ1) is 31.7. The number of benzene rings is 2. The largest absolute Gasteiger partial charge is 0.457 e. The van der Waals surface area contributed by atoms with Gasteiger partial charge in [0.05, 0.1) is 6.10 Å². The van der Waals surface area contributed by atoms with Gasteiger partial charge in [-0.1, -0.05) is 37.5 Å². The first-order valence-electron chi connectivity index (χ1n) is 16.4. The molecule has 1 aliphatic carbocycles. The molecule has 3 fully saturated rings. The second-order valence-corrected chi connectivity index (χ2v) is 12.8. The van der Waals surface area contributed by atoms with Crippen LogP contribution in [0, 0.1) is 5.92 Å². The number of aromatic nitrogens is 1. The number of carbonyl (C=O) groups is 3. The molecule has 3 aromatic rings. The van der Waals surface area contributed by atoms with Crippen molar-refractivity contribution in [3.05, 3.63) is 89.7 Å². The summed E-state index contributed by atoms with van der Waals surface area (Å²) in [6, 6.07) is 17.7. The van der Waals surface area contributed by atoms with Crippen LogP contribution in [-0.2, 0) is 22.7 Å². The Morgan fingerprint density at radius 1 is 0.978 bits per heavy atom. The van der Waals surface area contributed by atoms with Crippen molar-refractivity contribution in [2.45, 2.75) is 75.7 Å². The number of pyridine rings is 1. The van der Waals surface area contributed by atoms with E-state index in [0.29, 0.717) is 49.5 Å². The summed E-state index contributed by atoms with van der Waals surface area (Å²) in [5.74, 6) is 0.850. The molecule has 3 aliphatic rings. The van der Waals surface area contributed by atoms with Crippen LogP contribution in [0.1, 0.15) is 66.4 Å². The second-order valence-electron chi connectivity index (χ2n) is 12.8. The van der Waals surface area contributed by atoms with Crippen molar-refractivity contribution in [3.8, 4) is 11.5 Å². The minimum absolute atomic E-state index is 0.0190. The summed E-state index contributed by atoms with van der Waals surface area (Å²) in [6.45, 7) is 2.29. The molecule has 3 heterocycles. The fourth-order valence-electron chi connectivity index (χ4n) is 7.18. The molecule has 1 aromatic heterocycles. The van der Waals surface area contributed by atoms with Crippen LogP contribution in [-0.4, -0.2) is 75.4 Å². The summed E-state index contributed by atoms with van der Waals surface area (Å²) in [4.78, 5) is 48.1. The lowest BCUT2D eigenvalue weighted by Crippen LogP contribution is -2.74. The van der Waals surface area contributed by atoms with E-state index in [0.717, 1.165) is 43.2 Å². The van der Waals surface area contributed by atoms with E-state index in [4.69, 9.17) is 4.74 Å². The van der Waals surface area contributed by atoms with Crippen LogP contribution in [0.5, 0.6) is 11.5 Å². The highest BCUT2D eigenvalue weighted by Gasteiger charge is 2.55. The molecule has 3 N–H and O–H groups in total. The Balaban J connectivity index is 1.11. The van der Waals surface area contributed by atoms with E-state index in [2.05, 4.69) is 20.5 Å². The average molecular weight is 626 g/mol. The van der Waals surface area contributed by atoms with E-state index in [1.54, 1.807) is 48.6 Å². The van der Waals surface area contributed by atoms with Crippen molar-refractivity contribution in [1.29, 1.82) is 0 Å². The maximum atomic E-state index is 14.1. The monoisotopic (exact) mass is 625 g/mol. The molecule has 1 spiro atoms. The topological polar surface area (TPSA) is 124 Å². The zero-order chi connectivity index (χ0) is 32.1. The molecule has 10 heteroatoms. The van der Waals surface area contributed by atoms with Crippen molar-refractivity contribution in [2.24, 2.45) is 5.92 Å². The number of piperazine rings is 1. The van der Waals surface area contributed by atoms with E-state index >= 15 is 0 Å². The number of aliphatic hydroxyl groups is 1. The number of aliphatic hydroxyl groups excluding tert-OH is 1. The minimum Gasteiger partial charge on any atom is -0.457 e. The number of piperidine rings is 1. The van der Waals surface area contributed by atoms with E-state index < -0.39 is 17.7 Å². The van der Waals surface area contributed by atoms with Gasteiger partial charge in [0.1, 0.15) is 23.1 Å². The van der Waals surface area contributed by atoms with Gasteiger partial charge in [0.15, 0.2) is 0 Å². The van der Waals surface area contributed by atoms with Gasteiger partial charge in [0.25, 0.3) is 5.91 Å². The van der Waals surface area contributed by atoms with E-state index in [9.17, 15) is 19.5 Å². The lowest BCUT2D eigenvalue weighted by Gasteiger charge is -2.52. The lowest BCUT2D eigenvalue weighted by molar-refractivity contribution is -0.167. The molecule has 3 amide bonds. The Bertz CT molecular complexity index is 1500. The number of carbonyl (C=O) groups excluding carboxylic acids is 3. The maximum Gasteiger partial charge on any atom is 0.251 e. The van der Waals surface area contributed by atoms with Gasteiger partial charge in [-0.05, 0) is 85.2 Å². The van der Waals surface area contributed by atoms with Crippen molar-refractivity contribution in [2.75, 3.05) is 20.1 Å². The summed E-state index contributed by atoms with van der Waals surface area (Å²) in [7, 11) is 1.60. The van der Waals surface area contributed by atoms with E-state index in [1.807, 2.05) is 36.4 Å². The zero-order valence-corrected chi connectivity index (χ0v) is 26.4. The standard InChI is InChI=1S/C36H43N5O5/c1-37-33(43)28-11-15-30(16-12-28)46-29-13-9-25(10-14-29)23-40-20-17-36(18-21-40)35(45)39-31(32(42)27-7-3-2-4-8-27)34(44)41(36)24-26-6-5-19-38-22-26/h5-6,9-16,19,22,27,31-32,42H,2-4,7-8,17-18,20-21,23-24H2,1H3,(H,37,43)(H,39,45)/t31-,32-/m1/s1. The third-order valence-electron chi connectivity index (χ3n) is 9.89. The maximum absolute atomic E-state index is 14.1. The van der Waals surface area contributed by atoms with Crippen molar-refractivity contribution in [3.63, 3.8) is 0 Å². The van der Waals surface area contributed by atoms with Gasteiger partial charge in [-0.3, -0.25) is 24.3 Å². The summed E-state index contributed by atoms with van der Waals surface area (Å²) in [6.07, 6.45) is 8.54. The normalized spacial score (nSPS) is 21.1. The first-order valence-corrected chi connectivity index (χ1v) is 16.4. The number of hydrogen-bond acceptors (Lipinski definition) is 7. The number of nitrogens with zero attached hydrogens (tertiary/aromatic N) is 3. The van der Waals surface area contributed by atoms with Crippen LogP contribution < -0.4 is 15.4 Å². The minimum atomic E-state index is -0.975. The van der Waals surface area contributed by atoms with Crippen LogP contribution in [0.2, 0.25) is 0 Å². The summed E-state index contributed by atoms with van der Waals surface area (Å²) in [5.41, 5.74) is 1.57. The Labute approximate surface area is 270 Å². The molecular formula is C36H43N5O5. The van der Waals surface area contributed by atoms with Gasteiger partial charge < -0.3 is 25.4 Å².